The van der Waals surface area contributed by atoms with E-state index >= 15 is 0 Å². The Balaban J connectivity index is 1.80. The molecule has 1 saturated carbocycles. The summed E-state index contributed by atoms with van der Waals surface area (Å²) in [6.45, 7) is 8.93. The number of rotatable bonds is 5. The smallest absolute Gasteiger partial charge is 0.137 e. The topological polar surface area (TPSA) is 76.7 Å². The third-order valence-electron chi connectivity index (χ3n) is 5.56. The minimum Gasteiger partial charge on any atom is -0.387 e. The molecule has 1 N–H and O–H groups in total. The Morgan fingerprint density at radius 2 is 2.00 bits per heavy atom. The Hall–Kier alpha value is -1.82. The quantitative estimate of drug-likeness (QED) is 0.912. The molecule has 0 saturated heterocycles. The van der Waals surface area contributed by atoms with Crippen LogP contribution in [0.3, 0.4) is 0 Å². The summed E-state index contributed by atoms with van der Waals surface area (Å²) in [5.41, 5.74) is 0.0962. The highest BCUT2D eigenvalue weighted by atomic mass is 16.3. The third kappa shape index (κ3) is 3.07. The van der Waals surface area contributed by atoms with Gasteiger partial charge in [-0.05, 0) is 36.2 Å². The second kappa shape index (κ2) is 6.24. The summed E-state index contributed by atoms with van der Waals surface area (Å²) in [5.74, 6) is 1.35. The molecule has 0 spiro atoms. The van der Waals surface area contributed by atoms with Crippen molar-refractivity contribution in [2.45, 2.75) is 65.0 Å². The van der Waals surface area contributed by atoms with Gasteiger partial charge in [0.05, 0.1) is 12.1 Å². The second-order valence-electron chi connectivity index (χ2n) is 7.95. The Morgan fingerprint density at radius 3 is 2.58 bits per heavy atom. The van der Waals surface area contributed by atoms with Gasteiger partial charge in [-0.25, -0.2) is 15.0 Å². The fourth-order valence-electron chi connectivity index (χ4n) is 3.77. The highest BCUT2D eigenvalue weighted by molar-refractivity contribution is 5.13. The lowest BCUT2D eigenvalue weighted by Crippen LogP contribution is -2.49. The molecule has 2 atom stereocenters. The second-order valence-corrected chi connectivity index (χ2v) is 7.95. The van der Waals surface area contributed by atoms with E-state index in [2.05, 4.69) is 47.7 Å². The Bertz CT molecular complexity index is 665. The average Bonchev–Trinajstić information content (AvgIpc) is 3.10. The summed E-state index contributed by atoms with van der Waals surface area (Å²) in [4.78, 5) is 12.9. The van der Waals surface area contributed by atoms with Gasteiger partial charge in [0.25, 0.3) is 0 Å². The summed E-state index contributed by atoms with van der Waals surface area (Å²) in [7, 11) is 0. The summed E-state index contributed by atoms with van der Waals surface area (Å²) in [5, 5.41) is 15.7. The molecule has 2 aromatic rings. The van der Waals surface area contributed by atoms with Crippen molar-refractivity contribution in [2.24, 2.45) is 11.3 Å². The van der Waals surface area contributed by atoms with Gasteiger partial charge in [-0.2, -0.15) is 5.10 Å². The monoisotopic (exact) mass is 329 g/mol. The van der Waals surface area contributed by atoms with Gasteiger partial charge in [-0.15, -0.1) is 0 Å². The van der Waals surface area contributed by atoms with Gasteiger partial charge < -0.3 is 5.11 Å². The molecule has 3 rings (SSSR count). The first kappa shape index (κ1) is 17.0. The molecule has 6 nitrogen and oxygen atoms in total. The number of aliphatic hydroxyl groups is 1. The van der Waals surface area contributed by atoms with Gasteiger partial charge in [0.2, 0.25) is 0 Å². The van der Waals surface area contributed by atoms with E-state index in [1.165, 1.54) is 6.33 Å². The molecule has 130 valence electrons. The van der Waals surface area contributed by atoms with E-state index < -0.39 is 5.60 Å². The lowest BCUT2D eigenvalue weighted by molar-refractivity contribution is -0.0907. The average molecular weight is 329 g/mol. The molecule has 2 heterocycles. The summed E-state index contributed by atoms with van der Waals surface area (Å²) < 4.78 is 1.73. The van der Waals surface area contributed by atoms with Crippen LogP contribution in [0.2, 0.25) is 0 Å². The van der Waals surface area contributed by atoms with Crippen molar-refractivity contribution in [2.75, 3.05) is 0 Å². The lowest BCUT2D eigenvalue weighted by Gasteiger charge is -2.40. The molecule has 0 amide bonds. The Kier molecular flexibility index (Phi) is 4.42. The largest absolute Gasteiger partial charge is 0.387 e. The molecule has 0 radical (unpaired) electrons. The number of hydrogen-bond acceptors (Lipinski definition) is 5. The zero-order valence-electron chi connectivity index (χ0n) is 15.0. The van der Waals surface area contributed by atoms with Crippen LogP contribution in [0.15, 0.2) is 25.0 Å². The predicted molar refractivity (Wildman–Crippen MR) is 91.3 cm³/mol. The van der Waals surface area contributed by atoms with E-state index in [1.807, 2.05) is 12.4 Å². The molecule has 0 aliphatic heterocycles. The first-order valence-corrected chi connectivity index (χ1v) is 8.67. The van der Waals surface area contributed by atoms with Crippen molar-refractivity contribution in [1.82, 2.24) is 24.7 Å². The summed E-state index contributed by atoms with van der Waals surface area (Å²) >= 11 is 0. The molecule has 2 aromatic heterocycles. The van der Waals surface area contributed by atoms with Crippen molar-refractivity contribution in [3.63, 3.8) is 0 Å². The normalized spacial score (nSPS) is 26.2. The minimum absolute atomic E-state index is 0.158. The van der Waals surface area contributed by atoms with Gasteiger partial charge in [-0.3, -0.25) is 4.68 Å². The van der Waals surface area contributed by atoms with Crippen molar-refractivity contribution >= 4 is 0 Å². The molecule has 2 unspecified atom stereocenters. The Morgan fingerprint density at radius 1 is 1.29 bits per heavy atom. The number of aromatic nitrogens is 5. The van der Waals surface area contributed by atoms with Crippen LogP contribution in [0.4, 0.5) is 0 Å². The van der Waals surface area contributed by atoms with E-state index in [9.17, 15) is 5.11 Å². The number of hydrogen-bond donors (Lipinski definition) is 1. The van der Waals surface area contributed by atoms with Gasteiger partial charge >= 0.3 is 0 Å². The number of nitrogens with zero attached hydrogens (tertiary/aromatic N) is 5. The van der Waals surface area contributed by atoms with Gasteiger partial charge in [0.15, 0.2) is 0 Å². The summed E-state index contributed by atoms with van der Waals surface area (Å²) in [6, 6.07) is 0. The molecular weight excluding hydrogens is 302 g/mol. The molecule has 1 fully saturated rings. The van der Waals surface area contributed by atoms with Crippen LogP contribution in [0, 0.1) is 11.3 Å². The molecule has 1 aliphatic rings. The van der Waals surface area contributed by atoms with Crippen LogP contribution in [0.1, 0.15) is 57.8 Å². The van der Waals surface area contributed by atoms with Gasteiger partial charge in [0, 0.05) is 18.3 Å². The molecule has 0 aromatic carbocycles. The van der Waals surface area contributed by atoms with E-state index in [0.717, 1.165) is 30.7 Å². The maximum absolute atomic E-state index is 11.5. The van der Waals surface area contributed by atoms with Crippen molar-refractivity contribution < 1.29 is 5.11 Å². The predicted octanol–water partition coefficient (Wildman–Crippen LogP) is 2.60. The lowest BCUT2D eigenvalue weighted by atomic mass is 9.72. The van der Waals surface area contributed by atoms with Crippen LogP contribution in [-0.2, 0) is 13.0 Å². The molecule has 24 heavy (non-hydrogen) atoms. The maximum atomic E-state index is 11.5. The van der Waals surface area contributed by atoms with Crippen LogP contribution in [-0.4, -0.2) is 35.4 Å². The van der Waals surface area contributed by atoms with Crippen LogP contribution in [0.25, 0.3) is 0 Å². The fraction of sp³-hybridized carbons (Fsp3) is 0.667. The SMILES string of the molecule is CC(C)c1ncc(CC2CCC(C)(C)C2(O)Cn2cncn2)cn1. The van der Waals surface area contributed by atoms with Crippen molar-refractivity contribution in [1.29, 1.82) is 0 Å². The maximum Gasteiger partial charge on any atom is 0.137 e. The van der Waals surface area contributed by atoms with Crippen LogP contribution >= 0.6 is 0 Å². The highest BCUT2D eigenvalue weighted by Gasteiger charge is 2.54. The van der Waals surface area contributed by atoms with Crippen LogP contribution in [0.5, 0.6) is 0 Å². The molecular formula is C18H27N5O. The van der Waals surface area contributed by atoms with E-state index in [-0.39, 0.29) is 11.3 Å². The van der Waals surface area contributed by atoms with Gasteiger partial charge in [0.1, 0.15) is 18.5 Å². The van der Waals surface area contributed by atoms with E-state index in [4.69, 9.17) is 0 Å². The zero-order valence-corrected chi connectivity index (χ0v) is 15.0. The third-order valence-corrected chi connectivity index (χ3v) is 5.56. The minimum atomic E-state index is -0.822. The summed E-state index contributed by atoms with van der Waals surface area (Å²) in [6.07, 6.45) is 9.76. The van der Waals surface area contributed by atoms with Gasteiger partial charge in [-0.1, -0.05) is 27.7 Å². The highest BCUT2D eigenvalue weighted by Crippen LogP contribution is 2.51. The molecule has 6 heteroatoms. The first-order chi connectivity index (χ1) is 11.3. The standard InChI is InChI=1S/C18H27N5O/c1-13(2)16-20-8-14(9-21-16)7-15-5-6-17(3,4)18(15,24)10-23-12-19-11-22-23/h8-9,11-13,15,24H,5-7,10H2,1-4H3. The zero-order chi connectivity index (χ0) is 17.4. The first-order valence-electron chi connectivity index (χ1n) is 8.67. The van der Waals surface area contributed by atoms with E-state index in [1.54, 1.807) is 11.0 Å². The Labute approximate surface area is 143 Å². The molecule has 1 aliphatic carbocycles. The van der Waals surface area contributed by atoms with Crippen LogP contribution < -0.4 is 0 Å². The fourth-order valence-corrected chi connectivity index (χ4v) is 3.77. The van der Waals surface area contributed by atoms with E-state index in [0.29, 0.717) is 12.5 Å². The van der Waals surface area contributed by atoms with Crippen molar-refractivity contribution in [3.8, 4) is 0 Å². The molecule has 0 bridgehead atoms. The van der Waals surface area contributed by atoms with Crippen molar-refractivity contribution in [3.05, 3.63) is 36.4 Å².